The molecule has 7 nitrogen and oxygen atoms in total. The van der Waals surface area contributed by atoms with Gasteiger partial charge in [-0.25, -0.2) is 0 Å². The summed E-state index contributed by atoms with van der Waals surface area (Å²) in [5.41, 5.74) is 0.511. The lowest BCUT2D eigenvalue weighted by atomic mass is 10.1. The van der Waals surface area contributed by atoms with Gasteiger partial charge in [0.1, 0.15) is 11.5 Å². The van der Waals surface area contributed by atoms with Crippen LogP contribution in [-0.2, 0) is 9.53 Å². The van der Waals surface area contributed by atoms with Crippen molar-refractivity contribution in [1.82, 2.24) is 9.80 Å². The Labute approximate surface area is 160 Å². The number of benzene rings is 1. The van der Waals surface area contributed by atoms with Crippen molar-refractivity contribution >= 4 is 11.8 Å². The SMILES string of the molecule is COc1ccc(C(=O)N2CCN(C(=O)CC[C@@H]3CCCO3)CC2)c(OC)c1. The van der Waals surface area contributed by atoms with E-state index in [1.54, 1.807) is 30.2 Å². The van der Waals surface area contributed by atoms with E-state index < -0.39 is 0 Å². The molecule has 3 rings (SSSR count). The second-order valence-corrected chi connectivity index (χ2v) is 6.91. The van der Waals surface area contributed by atoms with Crippen molar-refractivity contribution in [3.63, 3.8) is 0 Å². The van der Waals surface area contributed by atoms with Crippen LogP contribution in [0.15, 0.2) is 18.2 Å². The third-order valence-corrected chi connectivity index (χ3v) is 5.26. The fourth-order valence-corrected chi connectivity index (χ4v) is 3.62. The molecule has 0 unspecified atom stereocenters. The Bertz CT molecular complexity index is 664. The summed E-state index contributed by atoms with van der Waals surface area (Å²) in [6, 6.07) is 5.18. The first-order valence-corrected chi connectivity index (χ1v) is 9.53. The monoisotopic (exact) mass is 376 g/mol. The predicted molar refractivity (Wildman–Crippen MR) is 100 cm³/mol. The summed E-state index contributed by atoms with van der Waals surface area (Å²) in [7, 11) is 3.11. The lowest BCUT2D eigenvalue weighted by Gasteiger charge is -2.35. The summed E-state index contributed by atoms with van der Waals surface area (Å²) >= 11 is 0. The molecule has 148 valence electrons. The average Bonchev–Trinajstić information content (AvgIpc) is 3.24. The minimum Gasteiger partial charge on any atom is -0.497 e. The van der Waals surface area contributed by atoms with E-state index in [-0.39, 0.29) is 17.9 Å². The number of carbonyl (C=O) groups excluding carboxylic acids is 2. The van der Waals surface area contributed by atoms with E-state index in [1.807, 2.05) is 4.90 Å². The van der Waals surface area contributed by atoms with Crippen molar-refractivity contribution in [2.45, 2.75) is 31.8 Å². The van der Waals surface area contributed by atoms with Crippen LogP contribution in [-0.4, -0.2) is 74.7 Å². The van der Waals surface area contributed by atoms with Crippen LogP contribution in [0, 0.1) is 0 Å². The molecule has 7 heteroatoms. The Balaban J connectivity index is 1.52. The highest BCUT2D eigenvalue weighted by Gasteiger charge is 2.27. The molecule has 2 saturated heterocycles. The number of hydrogen-bond acceptors (Lipinski definition) is 5. The largest absolute Gasteiger partial charge is 0.497 e. The number of nitrogens with zero attached hydrogens (tertiary/aromatic N) is 2. The highest BCUT2D eigenvalue weighted by molar-refractivity contribution is 5.97. The van der Waals surface area contributed by atoms with E-state index >= 15 is 0 Å². The zero-order valence-corrected chi connectivity index (χ0v) is 16.1. The molecule has 2 heterocycles. The molecule has 0 saturated carbocycles. The van der Waals surface area contributed by atoms with Gasteiger partial charge in [-0.1, -0.05) is 0 Å². The van der Waals surface area contributed by atoms with Crippen LogP contribution < -0.4 is 9.47 Å². The third-order valence-electron chi connectivity index (χ3n) is 5.26. The quantitative estimate of drug-likeness (QED) is 0.759. The zero-order valence-electron chi connectivity index (χ0n) is 16.1. The first kappa shape index (κ1) is 19.5. The molecular formula is C20H28N2O5. The maximum atomic E-state index is 12.8. The Hall–Kier alpha value is -2.28. The number of carbonyl (C=O) groups is 2. The molecule has 2 amide bonds. The molecule has 1 atom stereocenters. The number of rotatable bonds is 6. The van der Waals surface area contributed by atoms with E-state index in [0.29, 0.717) is 49.7 Å². The number of ether oxygens (including phenoxy) is 3. The van der Waals surface area contributed by atoms with E-state index in [9.17, 15) is 9.59 Å². The summed E-state index contributed by atoms with van der Waals surface area (Å²) in [5, 5.41) is 0. The Morgan fingerprint density at radius 2 is 1.85 bits per heavy atom. The Morgan fingerprint density at radius 1 is 1.11 bits per heavy atom. The smallest absolute Gasteiger partial charge is 0.257 e. The van der Waals surface area contributed by atoms with Crippen molar-refractivity contribution in [3.8, 4) is 11.5 Å². The standard InChI is InChI=1S/C20H28N2O5/c1-25-16-5-7-17(18(14-16)26-2)20(24)22-11-9-21(10-12-22)19(23)8-6-15-4-3-13-27-15/h5,7,14-15H,3-4,6,8-13H2,1-2H3/t15-/m0/s1. The van der Waals surface area contributed by atoms with Gasteiger partial charge >= 0.3 is 0 Å². The van der Waals surface area contributed by atoms with Crippen LogP contribution >= 0.6 is 0 Å². The minimum atomic E-state index is -0.0824. The van der Waals surface area contributed by atoms with E-state index in [0.717, 1.165) is 25.9 Å². The molecule has 0 radical (unpaired) electrons. The molecule has 27 heavy (non-hydrogen) atoms. The molecule has 2 fully saturated rings. The van der Waals surface area contributed by atoms with E-state index in [2.05, 4.69) is 0 Å². The molecule has 1 aromatic carbocycles. The molecule has 0 aromatic heterocycles. The van der Waals surface area contributed by atoms with Gasteiger partial charge in [0, 0.05) is 45.3 Å². The van der Waals surface area contributed by atoms with Crippen LogP contribution in [0.5, 0.6) is 11.5 Å². The van der Waals surface area contributed by atoms with Crippen LogP contribution in [0.2, 0.25) is 0 Å². The van der Waals surface area contributed by atoms with Gasteiger partial charge in [-0.05, 0) is 31.4 Å². The maximum Gasteiger partial charge on any atom is 0.257 e. The first-order chi connectivity index (χ1) is 13.1. The molecule has 0 bridgehead atoms. The average molecular weight is 376 g/mol. The van der Waals surface area contributed by atoms with Crippen molar-refractivity contribution in [3.05, 3.63) is 23.8 Å². The predicted octanol–water partition coefficient (Wildman–Crippen LogP) is 1.95. The molecule has 2 aliphatic heterocycles. The van der Waals surface area contributed by atoms with Gasteiger partial charge in [-0.3, -0.25) is 9.59 Å². The van der Waals surface area contributed by atoms with Gasteiger partial charge in [0.15, 0.2) is 0 Å². The molecule has 0 N–H and O–H groups in total. The second-order valence-electron chi connectivity index (χ2n) is 6.91. The fraction of sp³-hybridized carbons (Fsp3) is 0.600. The lowest BCUT2D eigenvalue weighted by molar-refractivity contribution is -0.133. The summed E-state index contributed by atoms with van der Waals surface area (Å²) in [4.78, 5) is 28.9. The van der Waals surface area contributed by atoms with Crippen molar-refractivity contribution in [2.24, 2.45) is 0 Å². The summed E-state index contributed by atoms with van der Waals surface area (Å²) in [6.07, 6.45) is 3.69. The van der Waals surface area contributed by atoms with Crippen molar-refractivity contribution in [1.29, 1.82) is 0 Å². The van der Waals surface area contributed by atoms with Gasteiger partial charge < -0.3 is 24.0 Å². The molecule has 0 spiro atoms. The minimum absolute atomic E-state index is 0.0824. The van der Waals surface area contributed by atoms with Crippen LogP contribution in [0.4, 0.5) is 0 Å². The summed E-state index contributed by atoms with van der Waals surface area (Å²) in [5.74, 6) is 1.21. The van der Waals surface area contributed by atoms with Gasteiger partial charge in [0.2, 0.25) is 5.91 Å². The normalized spacial score (nSPS) is 19.9. The van der Waals surface area contributed by atoms with Gasteiger partial charge in [0.25, 0.3) is 5.91 Å². The van der Waals surface area contributed by atoms with E-state index in [1.165, 1.54) is 7.11 Å². The Morgan fingerprint density at radius 3 is 2.48 bits per heavy atom. The van der Waals surface area contributed by atoms with E-state index in [4.69, 9.17) is 14.2 Å². The summed E-state index contributed by atoms with van der Waals surface area (Å²) < 4.78 is 16.1. The zero-order chi connectivity index (χ0) is 19.2. The molecular weight excluding hydrogens is 348 g/mol. The number of amides is 2. The number of hydrogen-bond donors (Lipinski definition) is 0. The number of methoxy groups -OCH3 is 2. The third kappa shape index (κ3) is 4.71. The topological polar surface area (TPSA) is 68.3 Å². The van der Waals surface area contributed by atoms with Crippen molar-refractivity contribution < 1.29 is 23.8 Å². The molecule has 0 aliphatic carbocycles. The van der Waals surface area contributed by atoms with Gasteiger partial charge in [-0.15, -0.1) is 0 Å². The Kier molecular flexibility index (Phi) is 6.55. The summed E-state index contributed by atoms with van der Waals surface area (Å²) in [6.45, 7) is 3.00. The maximum absolute atomic E-state index is 12.8. The molecule has 2 aliphatic rings. The van der Waals surface area contributed by atoms with Gasteiger partial charge in [0.05, 0.1) is 25.9 Å². The highest BCUT2D eigenvalue weighted by atomic mass is 16.5. The van der Waals surface area contributed by atoms with Crippen LogP contribution in [0.25, 0.3) is 0 Å². The number of piperazine rings is 1. The van der Waals surface area contributed by atoms with Crippen LogP contribution in [0.1, 0.15) is 36.0 Å². The molecule has 1 aromatic rings. The van der Waals surface area contributed by atoms with Crippen molar-refractivity contribution in [2.75, 3.05) is 47.0 Å². The van der Waals surface area contributed by atoms with Crippen LogP contribution in [0.3, 0.4) is 0 Å². The van der Waals surface area contributed by atoms with Gasteiger partial charge in [-0.2, -0.15) is 0 Å². The highest BCUT2D eigenvalue weighted by Crippen LogP contribution is 2.26. The second kappa shape index (κ2) is 9.08. The fourth-order valence-electron chi connectivity index (χ4n) is 3.62. The lowest BCUT2D eigenvalue weighted by Crippen LogP contribution is -2.50. The first-order valence-electron chi connectivity index (χ1n) is 9.53.